The molecular formula is C15H20BrNO. The third-order valence-corrected chi connectivity index (χ3v) is 4.17. The SMILES string of the molecule is Brc1ccc(C(CNC2CC2)OCC2CC2)cc1. The van der Waals surface area contributed by atoms with Crippen LogP contribution in [0.3, 0.4) is 0 Å². The molecule has 1 N–H and O–H groups in total. The molecule has 0 heterocycles. The van der Waals surface area contributed by atoms with E-state index in [0.717, 1.165) is 29.6 Å². The maximum Gasteiger partial charge on any atom is 0.0949 e. The lowest BCUT2D eigenvalue weighted by molar-refractivity contribution is 0.0450. The van der Waals surface area contributed by atoms with Gasteiger partial charge in [-0.15, -0.1) is 0 Å². The van der Waals surface area contributed by atoms with Crippen molar-refractivity contribution in [2.45, 2.75) is 37.8 Å². The summed E-state index contributed by atoms with van der Waals surface area (Å²) in [5.74, 6) is 0.823. The Hall–Kier alpha value is -0.380. The van der Waals surface area contributed by atoms with Gasteiger partial charge in [0.15, 0.2) is 0 Å². The van der Waals surface area contributed by atoms with Gasteiger partial charge in [-0.3, -0.25) is 0 Å². The Morgan fingerprint density at radius 1 is 1.17 bits per heavy atom. The minimum Gasteiger partial charge on any atom is -0.372 e. The zero-order chi connectivity index (χ0) is 12.4. The standard InChI is InChI=1S/C15H20BrNO/c16-13-5-3-12(4-6-13)15(9-17-14-7-8-14)18-10-11-1-2-11/h3-6,11,14-15,17H,1-2,7-10H2. The highest BCUT2D eigenvalue weighted by atomic mass is 79.9. The first-order chi connectivity index (χ1) is 8.81. The van der Waals surface area contributed by atoms with Crippen molar-refractivity contribution in [2.24, 2.45) is 5.92 Å². The van der Waals surface area contributed by atoms with Gasteiger partial charge in [0.05, 0.1) is 12.7 Å². The predicted octanol–water partition coefficient (Wildman–Crippen LogP) is 3.67. The molecule has 2 aliphatic rings. The van der Waals surface area contributed by atoms with Crippen molar-refractivity contribution in [3.63, 3.8) is 0 Å². The summed E-state index contributed by atoms with van der Waals surface area (Å²) in [6, 6.07) is 9.26. The van der Waals surface area contributed by atoms with Crippen LogP contribution in [0.1, 0.15) is 37.4 Å². The highest BCUT2D eigenvalue weighted by molar-refractivity contribution is 9.10. The van der Waals surface area contributed by atoms with Crippen LogP contribution in [0.5, 0.6) is 0 Å². The Morgan fingerprint density at radius 3 is 2.50 bits per heavy atom. The summed E-state index contributed by atoms with van der Waals surface area (Å²) in [5.41, 5.74) is 1.28. The number of hydrogen-bond acceptors (Lipinski definition) is 2. The van der Waals surface area contributed by atoms with E-state index in [9.17, 15) is 0 Å². The summed E-state index contributed by atoms with van der Waals surface area (Å²) in [7, 11) is 0. The van der Waals surface area contributed by atoms with Gasteiger partial charge in [0, 0.05) is 17.1 Å². The minimum atomic E-state index is 0.208. The molecule has 1 atom stereocenters. The largest absolute Gasteiger partial charge is 0.372 e. The van der Waals surface area contributed by atoms with Gasteiger partial charge in [-0.05, 0) is 49.3 Å². The Morgan fingerprint density at radius 2 is 1.89 bits per heavy atom. The lowest BCUT2D eigenvalue weighted by atomic mass is 10.1. The molecule has 0 aromatic heterocycles. The molecule has 0 amide bonds. The second-order valence-electron chi connectivity index (χ2n) is 5.50. The van der Waals surface area contributed by atoms with Crippen LogP contribution in [0.2, 0.25) is 0 Å². The molecule has 0 bridgehead atoms. The zero-order valence-corrected chi connectivity index (χ0v) is 12.2. The molecule has 0 radical (unpaired) electrons. The van der Waals surface area contributed by atoms with Crippen molar-refractivity contribution in [3.8, 4) is 0 Å². The smallest absolute Gasteiger partial charge is 0.0949 e. The first-order valence-electron chi connectivity index (χ1n) is 6.92. The molecule has 1 aromatic carbocycles. The number of rotatable bonds is 7. The highest BCUT2D eigenvalue weighted by Gasteiger charge is 2.26. The summed E-state index contributed by atoms with van der Waals surface area (Å²) in [4.78, 5) is 0. The average molecular weight is 310 g/mol. The van der Waals surface area contributed by atoms with E-state index in [1.807, 2.05) is 0 Å². The van der Waals surface area contributed by atoms with E-state index in [0.29, 0.717) is 0 Å². The van der Waals surface area contributed by atoms with Gasteiger partial charge in [0.25, 0.3) is 0 Å². The molecule has 0 spiro atoms. The average Bonchev–Trinajstić information content (AvgIpc) is 3.26. The summed E-state index contributed by atoms with van der Waals surface area (Å²) in [5, 5.41) is 3.58. The van der Waals surface area contributed by atoms with Crippen LogP contribution in [0.25, 0.3) is 0 Å². The number of halogens is 1. The Bertz CT molecular complexity index is 368. The van der Waals surface area contributed by atoms with E-state index in [4.69, 9.17) is 4.74 Å². The van der Waals surface area contributed by atoms with E-state index in [2.05, 4.69) is 45.5 Å². The molecule has 18 heavy (non-hydrogen) atoms. The lowest BCUT2D eigenvalue weighted by Crippen LogP contribution is -2.25. The third-order valence-electron chi connectivity index (χ3n) is 3.64. The maximum atomic E-state index is 6.09. The molecule has 0 aliphatic heterocycles. The Balaban J connectivity index is 1.59. The summed E-state index contributed by atoms with van der Waals surface area (Å²) in [6.07, 6.45) is 5.57. The van der Waals surface area contributed by atoms with E-state index in [1.165, 1.54) is 31.2 Å². The van der Waals surface area contributed by atoms with Crippen LogP contribution in [0.15, 0.2) is 28.7 Å². The van der Waals surface area contributed by atoms with E-state index in [-0.39, 0.29) is 6.10 Å². The molecule has 3 heteroatoms. The number of benzene rings is 1. The fourth-order valence-corrected chi connectivity index (χ4v) is 2.31. The fourth-order valence-electron chi connectivity index (χ4n) is 2.05. The summed E-state index contributed by atoms with van der Waals surface area (Å²) >= 11 is 3.48. The van der Waals surface area contributed by atoms with Crippen LogP contribution in [0.4, 0.5) is 0 Å². The van der Waals surface area contributed by atoms with Crippen LogP contribution >= 0.6 is 15.9 Å². The number of ether oxygens (including phenoxy) is 1. The monoisotopic (exact) mass is 309 g/mol. The van der Waals surface area contributed by atoms with Gasteiger partial charge in [-0.1, -0.05) is 28.1 Å². The van der Waals surface area contributed by atoms with Gasteiger partial charge < -0.3 is 10.1 Å². The minimum absolute atomic E-state index is 0.208. The number of nitrogens with one attached hydrogen (secondary N) is 1. The zero-order valence-electron chi connectivity index (χ0n) is 10.6. The molecule has 1 aromatic rings. The van der Waals surface area contributed by atoms with Gasteiger partial charge in [0.2, 0.25) is 0 Å². The van der Waals surface area contributed by atoms with Gasteiger partial charge in [-0.2, -0.15) is 0 Å². The van der Waals surface area contributed by atoms with Gasteiger partial charge >= 0.3 is 0 Å². The first-order valence-corrected chi connectivity index (χ1v) is 7.71. The molecule has 1 unspecified atom stereocenters. The van der Waals surface area contributed by atoms with Crippen LogP contribution in [-0.2, 0) is 4.74 Å². The van der Waals surface area contributed by atoms with Crippen molar-refractivity contribution >= 4 is 15.9 Å². The van der Waals surface area contributed by atoms with Crippen molar-refractivity contribution in [2.75, 3.05) is 13.2 Å². The molecular weight excluding hydrogens is 290 g/mol. The molecule has 2 fully saturated rings. The maximum absolute atomic E-state index is 6.09. The predicted molar refractivity (Wildman–Crippen MR) is 76.6 cm³/mol. The second kappa shape index (κ2) is 5.72. The third kappa shape index (κ3) is 3.81. The number of hydrogen-bond donors (Lipinski definition) is 1. The van der Waals surface area contributed by atoms with Crippen molar-refractivity contribution in [3.05, 3.63) is 34.3 Å². The molecule has 98 valence electrons. The molecule has 2 saturated carbocycles. The van der Waals surface area contributed by atoms with Crippen LogP contribution in [0, 0.1) is 5.92 Å². The van der Waals surface area contributed by atoms with Gasteiger partial charge in [0.1, 0.15) is 0 Å². The van der Waals surface area contributed by atoms with Crippen LogP contribution in [-0.4, -0.2) is 19.2 Å². The summed E-state index contributed by atoms with van der Waals surface area (Å²) < 4.78 is 7.22. The van der Waals surface area contributed by atoms with Crippen LogP contribution < -0.4 is 5.32 Å². The molecule has 0 saturated heterocycles. The lowest BCUT2D eigenvalue weighted by Gasteiger charge is -2.19. The molecule has 2 nitrogen and oxygen atoms in total. The quantitative estimate of drug-likeness (QED) is 0.830. The fraction of sp³-hybridized carbons (Fsp3) is 0.600. The second-order valence-corrected chi connectivity index (χ2v) is 6.42. The first kappa shape index (κ1) is 12.6. The molecule has 2 aliphatic carbocycles. The summed E-state index contributed by atoms with van der Waals surface area (Å²) in [6.45, 7) is 1.87. The van der Waals surface area contributed by atoms with E-state index in [1.54, 1.807) is 0 Å². The molecule has 3 rings (SSSR count). The Labute approximate surface area is 117 Å². The van der Waals surface area contributed by atoms with Crippen molar-refractivity contribution in [1.29, 1.82) is 0 Å². The highest BCUT2D eigenvalue weighted by Crippen LogP contribution is 2.31. The van der Waals surface area contributed by atoms with Crippen molar-refractivity contribution in [1.82, 2.24) is 5.32 Å². The Kier molecular flexibility index (Phi) is 4.02. The van der Waals surface area contributed by atoms with E-state index >= 15 is 0 Å². The van der Waals surface area contributed by atoms with Gasteiger partial charge in [-0.25, -0.2) is 0 Å². The normalized spacial score (nSPS) is 20.9. The van der Waals surface area contributed by atoms with E-state index < -0.39 is 0 Å². The van der Waals surface area contributed by atoms with Crippen molar-refractivity contribution < 1.29 is 4.74 Å². The topological polar surface area (TPSA) is 21.3 Å².